The molecule has 1 fully saturated rings. The standard InChI is InChI=1S/C17H21N3O2S/c1-2-3-10-4-7-12-15(8-10)23-17(18-12)19-16(21)13-9-14(22-20-13)11-5-6-11/h9-11H,2-8H2,1H3,(H,18,19,21)/t10-/m1/s1. The van der Waals surface area contributed by atoms with Crippen LogP contribution in [-0.2, 0) is 12.8 Å². The second-order valence-electron chi connectivity index (χ2n) is 6.63. The first kappa shape index (κ1) is 14.9. The quantitative estimate of drug-likeness (QED) is 0.893. The van der Waals surface area contributed by atoms with Crippen molar-refractivity contribution < 1.29 is 9.32 Å². The Morgan fingerprint density at radius 2 is 2.30 bits per heavy atom. The number of amides is 1. The van der Waals surface area contributed by atoms with Crippen LogP contribution in [0, 0.1) is 5.92 Å². The van der Waals surface area contributed by atoms with Crippen molar-refractivity contribution in [1.29, 1.82) is 0 Å². The van der Waals surface area contributed by atoms with E-state index in [4.69, 9.17) is 4.52 Å². The summed E-state index contributed by atoms with van der Waals surface area (Å²) in [6, 6.07) is 1.76. The number of nitrogens with one attached hydrogen (secondary N) is 1. The van der Waals surface area contributed by atoms with Gasteiger partial charge in [-0.3, -0.25) is 10.1 Å². The molecule has 1 atom stereocenters. The van der Waals surface area contributed by atoms with Crippen LogP contribution in [0.1, 0.15) is 71.8 Å². The SMILES string of the molecule is CCC[C@@H]1CCc2nc(NC(=O)c3cc(C4CC4)on3)sc2C1. The zero-order chi connectivity index (χ0) is 15.8. The number of hydrogen-bond donors (Lipinski definition) is 1. The average Bonchev–Trinajstić information content (AvgIpc) is 3.12. The highest BCUT2D eigenvalue weighted by Gasteiger charge is 2.29. The summed E-state index contributed by atoms with van der Waals surface area (Å²) in [5.41, 5.74) is 1.51. The lowest BCUT2D eigenvalue weighted by atomic mass is 9.88. The Balaban J connectivity index is 1.43. The number of carbonyl (C=O) groups is 1. The van der Waals surface area contributed by atoms with Crippen LogP contribution >= 0.6 is 11.3 Å². The summed E-state index contributed by atoms with van der Waals surface area (Å²) in [6.45, 7) is 2.24. The monoisotopic (exact) mass is 331 g/mol. The molecule has 0 radical (unpaired) electrons. The summed E-state index contributed by atoms with van der Waals surface area (Å²) in [4.78, 5) is 18.2. The van der Waals surface area contributed by atoms with Gasteiger partial charge in [-0.1, -0.05) is 24.9 Å². The van der Waals surface area contributed by atoms with Crippen LogP contribution in [0.4, 0.5) is 5.13 Å². The van der Waals surface area contributed by atoms with Gasteiger partial charge in [0.1, 0.15) is 5.76 Å². The van der Waals surface area contributed by atoms with Crippen molar-refractivity contribution in [2.45, 2.75) is 57.8 Å². The van der Waals surface area contributed by atoms with E-state index in [2.05, 4.69) is 22.4 Å². The van der Waals surface area contributed by atoms with Gasteiger partial charge in [-0.15, -0.1) is 11.3 Å². The molecule has 0 spiro atoms. The maximum absolute atomic E-state index is 12.3. The molecule has 122 valence electrons. The van der Waals surface area contributed by atoms with E-state index in [1.54, 1.807) is 17.4 Å². The number of thiazole rings is 1. The number of aromatic nitrogens is 2. The lowest BCUT2D eigenvalue weighted by molar-refractivity contribution is 0.101. The fourth-order valence-electron chi connectivity index (χ4n) is 3.27. The number of carbonyl (C=O) groups excluding carboxylic acids is 1. The van der Waals surface area contributed by atoms with Crippen molar-refractivity contribution in [1.82, 2.24) is 10.1 Å². The first-order valence-corrected chi connectivity index (χ1v) is 9.31. The molecule has 1 amide bonds. The van der Waals surface area contributed by atoms with E-state index >= 15 is 0 Å². The number of aryl methyl sites for hydroxylation is 1. The van der Waals surface area contributed by atoms with E-state index < -0.39 is 0 Å². The van der Waals surface area contributed by atoms with E-state index in [1.165, 1.54) is 24.1 Å². The Hall–Kier alpha value is -1.69. The van der Waals surface area contributed by atoms with Crippen molar-refractivity contribution in [2.24, 2.45) is 5.92 Å². The minimum Gasteiger partial charge on any atom is -0.360 e. The zero-order valence-electron chi connectivity index (χ0n) is 13.3. The highest BCUT2D eigenvalue weighted by Crippen LogP contribution is 2.40. The molecule has 0 aromatic carbocycles. The molecule has 0 aliphatic heterocycles. The molecule has 4 rings (SSSR count). The summed E-state index contributed by atoms with van der Waals surface area (Å²) in [6.07, 6.45) is 8.13. The molecule has 2 aromatic heterocycles. The molecule has 1 N–H and O–H groups in total. The van der Waals surface area contributed by atoms with E-state index in [9.17, 15) is 4.79 Å². The van der Waals surface area contributed by atoms with E-state index in [1.807, 2.05) is 0 Å². The van der Waals surface area contributed by atoms with Gasteiger partial charge in [0.05, 0.1) is 5.69 Å². The largest absolute Gasteiger partial charge is 0.360 e. The lowest BCUT2D eigenvalue weighted by Gasteiger charge is -2.19. The Morgan fingerprint density at radius 3 is 3.09 bits per heavy atom. The third kappa shape index (κ3) is 3.17. The molecule has 0 saturated heterocycles. The van der Waals surface area contributed by atoms with Crippen molar-refractivity contribution >= 4 is 22.4 Å². The number of fused-ring (bicyclic) bond motifs is 1. The summed E-state index contributed by atoms with van der Waals surface area (Å²) in [7, 11) is 0. The molecule has 6 heteroatoms. The van der Waals surface area contributed by atoms with Crippen LogP contribution < -0.4 is 5.32 Å². The lowest BCUT2D eigenvalue weighted by Crippen LogP contribution is -2.13. The molecule has 2 aromatic rings. The third-order valence-corrected chi connectivity index (χ3v) is 5.74. The molecule has 23 heavy (non-hydrogen) atoms. The van der Waals surface area contributed by atoms with Crippen LogP contribution in [0.5, 0.6) is 0 Å². The minimum atomic E-state index is -0.225. The van der Waals surface area contributed by atoms with Crippen molar-refractivity contribution in [3.05, 3.63) is 28.1 Å². The topological polar surface area (TPSA) is 68.0 Å². The van der Waals surface area contributed by atoms with E-state index in [0.717, 1.165) is 43.1 Å². The van der Waals surface area contributed by atoms with E-state index in [-0.39, 0.29) is 5.91 Å². The van der Waals surface area contributed by atoms with Crippen LogP contribution in [0.2, 0.25) is 0 Å². The molecular formula is C17H21N3O2S. The minimum absolute atomic E-state index is 0.225. The maximum atomic E-state index is 12.3. The number of hydrogen-bond acceptors (Lipinski definition) is 5. The van der Waals surface area contributed by atoms with Gasteiger partial charge in [0.25, 0.3) is 5.91 Å². The molecular weight excluding hydrogens is 310 g/mol. The smallest absolute Gasteiger partial charge is 0.279 e. The highest BCUT2D eigenvalue weighted by atomic mass is 32.1. The molecule has 0 unspecified atom stereocenters. The average molecular weight is 331 g/mol. The number of anilines is 1. The Bertz CT molecular complexity index is 717. The van der Waals surface area contributed by atoms with Gasteiger partial charge in [-0.05, 0) is 38.0 Å². The van der Waals surface area contributed by atoms with Gasteiger partial charge in [0.2, 0.25) is 0 Å². The van der Waals surface area contributed by atoms with Crippen molar-refractivity contribution in [3.8, 4) is 0 Å². The fraction of sp³-hybridized carbons (Fsp3) is 0.588. The highest BCUT2D eigenvalue weighted by molar-refractivity contribution is 7.15. The maximum Gasteiger partial charge on any atom is 0.279 e. The molecule has 2 heterocycles. The second kappa shape index (κ2) is 6.07. The first-order valence-electron chi connectivity index (χ1n) is 8.49. The van der Waals surface area contributed by atoms with Gasteiger partial charge in [0.15, 0.2) is 10.8 Å². The van der Waals surface area contributed by atoms with Crippen LogP contribution in [0.3, 0.4) is 0 Å². The van der Waals surface area contributed by atoms with Gasteiger partial charge in [-0.25, -0.2) is 4.98 Å². The third-order valence-electron chi connectivity index (χ3n) is 4.70. The first-order chi connectivity index (χ1) is 11.2. The van der Waals surface area contributed by atoms with Gasteiger partial charge in [-0.2, -0.15) is 0 Å². The van der Waals surface area contributed by atoms with Crippen molar-refractivity contribution in [3.63, 3.8) is 0 Å². The van der Waals surface area contributed by atoms with Gasteiger partial charge >= 0.3 is 0 Å². The molecule has 2 aliphatic carbocycles. The number of nitrogens with zero attached hydrogens (tertiary/aromatic N) is 2. The summed E-state index contributed by atoms with van der Waals surface area (Å²) in [5.74, 6) is 1.84. The summed E-state index contributed by atoms with van der Waals surface area (Å²) >= 11 is 1.61. The number of rotatable bonds is 5. The molecule has 1 saturated carbocycles. The Morgan fingerprint density at radius 1 is 1.43 bits per heavy atom. The van der Waals surface area contributed by atoms with Gasteiger partial charge < -0.3 is 4.52 Å². The second-order valence-corrected chi connectivity index (χ2v) is 7.71. The van der Waals surface area contributed by atoms with E-state index in [0.29, 0.717) is 16.7 Å². The predicted octanol–water partition coefficient (Wildman–Crippen LogP) is 4.17. The molecule has 5 nitrogen and oxygen atoms in total. The predicted molar refractivity (Wildman–Crippen MR) is 89.0 cm³/mol. The molecule has 2 aliphatic rings. The Kier molecular flexibility index (Phi) is 3.93. The van der Waals surface area contributed by atoms with Crippen molar-refractivity contribution in [2.75, 3.05) is 5.32 Å². The summed E-state index contributed by atoms with van der Waals surface area (Å²) in [5, 5.41) is 7.45. The van der Waals surface area contributed by atoms with Crippen LogP contribution in [0.15, 0.2) is 10.6 Å². The van der Waals surface area contributed by atoms with Gasteiger partial charge in [0, 0.05) is 16.9 Å². The van der Waals surface area contributed by atoms with Crippen LogP contribution in [-0.4, -0.2) is 16.0 Å². The van der Waals surface area contributed by atoms with Crippen LogP contribution in [0.25, 0.3) is 0 Å². The normalized spacial score (nSPS) is 20.3. The Labute approximate surface area is 139 Å². The molecule has 0 bridgehead atoms. The summed E-state index contributed by atoms with van der Waals surface area (Å²) < 4.78 is 5.24. The zero-order valence-corrected chi connectivity index (χ0v) is 14.1. The fourth-order valence-corrected chi connectivity index (χ4v) is 4.39.